The number of carbonyl (C=O) groups is 1. The van der Waals surface area contributed by atoms with Crippen LogP contribution in [0.25, 0.3) is 21.8 Å². The van der Waals surface area contributed by atoms with Gasteiger partial charge >= 0.3 is 4.87 Å². The molecule has 0 aliphatic rings. The fourth-order valence-corrected chi connectivity index (χ4v) is 4.53. The molecular formula is C22H23N3O2S. The third-order valence-corrected chi connectivity index (χ3v) is 6.02. The van der Waals surface area contributed by atoms with Gasteiger partial charge < -0.3 is 14.5 Å². The van der Waals surface area contributed by atoms with Crippen LogP contribution in [0.2, 0.25) is 0 Å². The molecule has 4 aromatic rings. The third-order valence-electron chi connectivity index (χ3n) is 5.13. The molecule has 6 heteroatoms. The van der Waals surface area contributed by atoms with Crippen LogP contribution in [-0.4, -0.2) is 15.0 Å². The number of para-hydroxylation sites is 1. The first-order valence-corrected chi connectivity index (χ1v) is 10.4. The van der Waals surface area contributed by atoms with E-state index in [0.29, 0.717) is 19.4 Å². The van der Waals surface area contributed by atoms with Crippen LogP contribution in [0.4, 0.5) is 5.69 Å². The summed E-state index contributed by atoms with van der Waals surface area (Å²) in [5.74, 6) is -0.0282. The number of carbonyl (C=O) groups excluding carboxylic acids is 1. The van der Waals surface area contributed by atoms with Crippen molar-refractivity contribution in [1.82, 2.24) is 9.13 Å². The number of thiazole rings is 1. The molecule has 1 N–H and O–H groups in total. The van der Waals surface area contributed by atoms with Gasteiger partial charge in [-0.25, -0.2) is 0 Å². The molecule has 0 aliphatic heterocycles. The summed E-state index contributed by atoms with van der Waals surface area (Å²) >= 11 is 1.20. The molecule has 0 radical (unpaired) electrons. The number of benzene rings is 2. The topological polar surface area (TPSA) is 56.0 Å². The molecular weight excluding hydrogens is 370 g/mol. The molecule has 0 saturated carbocycles. The van der Waals surface area contributed by atoms with Crippen molar-refractivity contribution in [2.24, 2.45) is 0 Å². The zero-order valence-corrected chi connectivity index (χ0v) is 16.9. The minimum absolute atomic E-state index is 0.0282. The Kier molecular flexibility index (Phi) is 5.05. The van der Waals surface area contributed by atoms with Crippen molar-refractivity contribution in [3.8, 4) is 0 Å². The zero-order chi connectivity index (χ0) is 19.7. The highest BCUT2D eigenvalue weighted by molar-refractivity contribution is 7.07. The lowest BCUT2D eigenvalue weighted by Gasteiger charge is -2.07. The van der Waals surface area contributed by atoms with E-state index in [2.05, 4.69) is 47.1 Å². The second kappa shape index (κ2) is 7.64. The van der Waals surface area contributed by atoms with Crippen LogP contribution in [0.5, 0.6) is 0 Å². The second-order valence-electron chi connectivity index (χ2n) is 6.94. The highest BCUT2D eigenvalue weighted by atomic mass is 32.1. The Hall–Kier alpha value is -2.86. The monoisotopic (exact) mass is 393 g/mol. The van der Waals surface area contributed by atoms with Crippen molar-refractivity contribution < 1.29 is 4.79 Å². The lowest BCUT2D eigenvalue weighted by Crippen LogP contribution is -2.17. The summed E-state index contributed by atoms with van der Waals surface area (Å²) in [6, 6.07) is 14.4. The number of fused-ring (bicyclic) bond motifs is 3. The maximum atomic E-state index is 12.4. The summed E-state index contributed by atoms with van der Waals surface area (Å²) in [7, 11) is 0. The van der Waals surface area contributed by atoms with Crippen LogP contribution >= 0.6 is 11.3 Å². The average Bonchev–Trinajstić information content (AvgIpc) is 3.19. The summed E-state index contributed by atoms with van der Waals surface area (Å²) < 4.78 is 4.01. The smallest absolute Gasteiger partial charge is 0.307 e. The second-order valence-corrected chi connectivity index (χ2v) is 7.76. The first-order valence-electron chi connectivity index (χ1n) is 9.54. The van der Waals surface area contributed by atoms with Crippen LogP contribution in [0.1, 0.15) is 25.5 Å². The third kappa shape index (κ3) is 3.36. The fourth-order valence-electron chi connectivity index (χ4n) is 3.77. The number of aryl methyl sites for hydroxylation is 2. The summed E-state index contributed by atoms with van der Waals surface area (Å²) in [5, 5.41) is 7.20. The Bertz CT molecular complexity index is 1220. The van der Waals surface area contributed by atoms with E-state index in [-0.39, 0.29) is 10.8 Å². The Morgan fingerprint density at radius 3 is 2.61 bits per heavy atom. The minimum atomic E-state index is -0.0282. The summed E-state index contributed by atoms with van der Waals surface area (Å²) in [5.41, 5.74) is 4.14. The molecule has 144 valence electrons. The molecule has 0 atom stereocenters. The van der Waals surface area contributed by atoms with Gasteiger partial charge in [0.25, 0.3) is 0 Å². The van der Waals surface area contributed by atoms with Crippen LogP contribution in [0, 0.1) is 6.92 Å². The fraction of sp³-hybridized carbons (Fsp3) is 0.273. The average molecular weight is 394 g/mol. The van der Waals surface area contributed by atoms with E-state index in [1.54, 1.807) is 4.57 Å². The zero-order valence-electron chi connectivity index (χ0n) is 16.1. The first-order chi connectivity index (χ1) is 13.6. The molecule has 2 aromatic heterocycles. The highest BCUT2D eigenvalue weighted by Crippen LogP contribution is 2.31. The number of anilines is 1. The van der Waals surface area contributed by atoms with Crippen molar-refractivity contribution in [3.63, 3.8) is 0 Å². The largest absolute Gasteiger partial charge is 0.341 e. The van der Waals surface area contributed by atoms with Gasteiger partial charge in [-0.3, -0.25) is 9.59 Å². The number of nitrogens with one attached hydrogen (secondary N) is 1. The number of hydrogen-bond acceptors (Lipinski definition) is 3. The van der Waals surface area contributed by atoms with Gasteiger partial charge in [0.1, 0.15) is 0 Å². The van der Waals surface area contributed by atoms with E-state index in [1.165, 1.54) is 27.8 Å². The normalized spacial score (nSPS) is 11.4. The predicted molar refractivity (Wildman–Crippen MR) is 116 cm³/mol. The Labute approximate surface area is 167 Å². The van der Waals surface area contributed by atoms with Crippen LogP contribution in [-0.2, 0) is 17.9 Å². The molecule has 0 fully saturated rings. The van der Waals surface area contributed by atoms with E-state index in [0.717, 1.165) is 23.3 Å². The molecule has 0 spiro atoms. The molecule has 0 bridgehead atoms. The van der Waals surface area contributed by atoms with Gasteiger partial charge in [0.2, 0.25) is 5.91 Å². The van der Waals surface area contributed by atoms with Gasteiger partial charge in [-0.05, 0) is 44.5 Å². The molecule has 2 aromatic carbocycles. The minimum Gasteiger partial charge on any atom is -0.341 e. The number of rotatable bonds is 6. The summed E-state index contributed by atoms with van der Waals surface area (Å²) in [4.78, 5) is 24.2. The van der Waals surface area contributed by atoms with Crippen molar-refractivity contribution >= 4 is 44.7 Å². The maximum Gasteiger partial charge on any atom is 0.307 e. The molecule has 0 unspecified atom stereocenters. The number of hydrogen-bond donors (Lipinski definition) is 1. The van der Waals surface area contributed by atoms with Gasteiger partial charge in [0.15, 0.2) is 0 Å². The van der Waals surface area contributed by atoms with E-state index in [1.807, 2.05) is 24.4 Å². The first kappa shape index (κ1) is 18.5. The van der Waals surface area contributed by atoms with Crippen LogP contribution in [0.3, 0.4) is 0 Å². The molecule has 2 heterocycles. The standard InChI is InChI=1S/C22H23N3O2S/c1-3-24-19-8-5-4-7-17(19)18-13-16(10-11-20(18)24)23-21(26)9-6-12-25-15(2)14-28-22(25)27/h4-5,7-8,10-11,13-14H,3,6,9,12H2,1-2H3,(H,23,26). The molecule has 0 aliphatic carbocycles. The highest BCUT2D eigenvalue weighted by Gasteiger charge is 2.11. The number of amides is 1. The summed E-state index contributed by atoms with van der Waals surface area (Å²) in [6.07, 6.45) is 1.02. The van der Waals surface area contributed by atoms with E-state index >= 15 is 0 Å². The lowest BCUT2D eigenvalue weighted by molar-refractivity contribution is -0.116. The van der Waals surface area contributed by atoms with Gasteiger partial charge in [-0.1, -0.05) is 29.5 Å². The maximum absolute atomic E-state index is 12.4. The Morgan fingerprint density at radius 1 is 1.07 bits per heavy atom. The Morgan fingerprint density at radius 2 is 1.86 bits per heavy atom. The van der Waals surface area contributed by atoms with Crippen LogP contribution in [0.15, 0.2) is 52.6 Å². The lowest BCUT2D eigenvalue weighted by atomic mass is 10.1. The van der Waals surface area contributed by atoms with Crippen LogP contribution < -0.4 is 10.2 Å². The predicted octanol–water partition coefficient (Wildman–Crippen LogP) is 4.76. The molecule has 1 amide bonds. The molecule has 4 rings (SSSR count). The quantitative estimate of drug-likeness (QED) is 0.513. The molecule has 28 heavy (non-hydrogen) atoms. The SMILES string of the molecule is CCn1c2ccccc2c2cc(NC(=O)CCCn3c(C)csc3=O)ccc21. The van der Waals surface area contributed by atoms with Crippen molar-refractivity contribution in [3.05, 3.63) is 63.2 Å². The van der Waals surface area contributed by atoms with E-state index in [4.69, 9.17) is 0 Å². The van der Waals surface area contributed by atoms with Crippen molar-refractivity contribution in [1.29, 1.82) is 0 Å². The number of aromatic nitrogens is 2. The van der Waals surface area contributed by atoms with Gasteiger partial charge in [-0.2, -0.15) is 0 Å². The van der Waals surface area contributed by atoms with E-state index < -0.39 is 0 Å². The van der Waals surface area contributed by atoms with Crippen molar-refractivity contribution in [2.75, 3.05) is 5.32 Å². The van der Waals surface area contributed by atoms with E-state index in [9.17, 15) is 9.59 Å². The van der Waals surface area contributed by atoms with Gasteiger partial charge in [0, 0.05) is 58.1 Å². The Balaban J connectivity index is 1.49. The molecule has 0 saturated heterocycles. The van der Waals surface area contributed by atoms with Gasteiger partial charge in [-0.15, -0.1) is 0 Å². The number of nitrogens with zero attached hydrogens (tertiary/aromatic N) is 2. The van der Waals surface area contributed by atoms with Crippen molar-refractivity contribution in [2.45, 2.75) is 39.8 Å². The van der Waals surface area contributed by atoms with Gasteiger partial charge in [0.05, 0.1) is 0 Å². The molecule has 5 nitrogen and oxygen atoms in total. The summed E-state index contributed by atoms with van der Waals surface area (Å²) in [6.45, 7) is 5.53.